The summed E-state index contributed by atoms with van der Waals surface area (Å²) in [4.78, 5) is 25.8. The number of amides is 2. The third-order valence-corrected chi connectivity index (χ3v) is 4.23. The van der Waals surface area contributed by atoms with Gasteiger partial charge in [-0.05, 0) is 36.8 Å². The molecule has 2 atom stereocenters. The molecule has 0 aliphatic carbocycles. The Balaban J connectivity index is 1.95. The van der Waals surface area contributed by atoms with Crippen LogP contribution >= 0.6 is 0 Å². The molecule has 1 fully saturated rings. The van der Waals surface area contributed by atoms with Gasteiger partial charge in [-0.15, -0.1) is 0 Å². The number of hydrogen-bond donors (Lipinski definition) is 1. The second kappa shape index (κ2) is 6.35. The molecule has 124 valence electrons. The largest absolute Gasteiger partial charge is 0.497 e. The standard InChI is InChI=1S/C19H20N2O3/c1-12-4-8-15(9-5-12)21-18(17(19(21)23)20-13(2)22)14-6-10-16(24-3)11-7-14/h4-11,17-18H,1-3H3,(H,20,22)/t17-,18+/m0/s1. The highest BCUT2D eigenvalue weighted by molar-refractivity contribution is 6.07. The first kappa shape index (κ1) is 16.1. The van der Waals surface area contributed by atoms with E-state index in [2.05, 4.69) is 5.32 Å². The molecule has 3 rings (SSSR count). The van der Waals surface area contributed by atoms with E-state index >= 15 is 0 Å². The molecular weight excluding hydrogens is 304 g/mol. The van der Waals surface area contributed by atoms with Crippen molar-refractivity contribution in [3.05, 3.63) is 59.7 Å². The number of ether oxygens (including phenoxy) is 1. The lowest BCUT2D eigenvalue weighted by atomic mass is 9.87. The topological polar surface area (TPSA) is 58.6 Å². The Morgan fingerprint density at radius 3 is 2.25 bits per heavy atom. The van der Waals surface area contributed by atoms with Gasteiger partial charge in [0.15, 0.2) is 0 Å². The first-order chi connectivity index (χ1) is 11.5. The molecule has 0 bridgehead atoms. The van der Waals surface area contributed by atoms with Crippen molar-refractivity contribution < 1.29 is 14.3 Å². The van der Waals surface area contributed by atoms with E-state index in [1.165, 1.54) is 6.92 Å². The van der Waals surface area contributed by atoms with E-state index in [1.54, 1.807) is 12.0 Å². The number of carbonyl (C=O) groups excluding carboxylic acids is 2. The number of carbonyl (C=O) groups is 2. The molecule has 5 nitrogen and oxygen atoms in total. The van der Waals surface area contributed by atoms with Gasteiger partial charge in [0.1, 0.15) is 11.8 Å². The zero-order chi connectivity index (χ0) is 17.3. The van der Waals surface area contributed by atoms with Crippen LogP contribution in [-0.4, -0.2) is 25.0 Å². The number of β-lactam (4-membered cyclic amide) rings is 1. The van der Waals surface area contributed by atoms with Gasteiger partial charge in [-0.3, -0.25) is 9.59 Å². The van der Waals surface area contributed by atoms with E-state index in [0.717, 1.165) is 22.6 Å². The Morgan fingerprint density at radius 2 is 1.71 bits per heavy atom. The van der Waals surface area contributed by atoms with Crippen LogP contribution in [0.15, 0.2) is 48.5 Å². The lowest BCUT2D eigenvalue weighted by Gasteiger charge is -2.47. The number of anilines is 1. The fraction of sp³-hybridized carbons (Fsp3) is 0.263. The summed E-state index contributed by atoms with van der Waals surface area (Å²) >= 11 is 0. The predicted molar refractivity (Wildman–Crippen MR) is 92.0 cm³/mol. The van der Waals surface area contributed by atoms with E-state index in [-0.39, 0.29) is 17.9 Å². The molecule has 0 saturated carbocycles. The molecule has 1 N–H and O–H groups in total. The van der Waals surface area contributed by atoms with E-state index in [4.69, 9.17) is 4.74 Å². The van der Waals surface area contributed by atoms with Gasteiger partial charge in [-0.1, -0.05) is 29.8 Å². The Morgan fingerprint density at radius 1 is 1.08 bits per heavy atom. The maximum absolute atomic E-state index is 12.6. The monoisotopic (exact) mass is 324 g/mol. The minimum Gasteiger partial charge on any atom is -0.497 e. The zero-order valence-corrected chi connectivity index (χ0v) is 13.9. The first-order valence-electron chi connectivity index (χ1n) is 7.82. The average Bonchev–Trinajstić information content (AvgIpc) is 2.58. The third-order valence-electron chi connectivity index (χ3n) is 4.23. The fourth-order valence-electron chi connectivity index (χ4n) is 2.98. The van der Waals surface area contributed by atoms with Crippen LogP contribution in [0.2, 0.25) is 0 Å². The quantitative estimate of drug-likeness (QED) is 0.880. The summed E-state index contributed by atoms with van der Waals surface area (Å²) in [6.45, 7) is 3.43. The minimum atomic E-state index is -0.544. The molecule has 1 aliphatic rings. The maximum Gasteiger partial charge on any atom is 0.252 e. The van der Waals surface area contributed by atoms with Gasteiger partial charge < -0.3 is 15.0 Å². The van der Waals surface area contributed by atoms with Crippen molar-refractivity contribution in [2.75, 3.05) is 12.0 Å². The minimum absolute atomic E-state index is 0.102. The molecule has 1 heterocycles. The SMILES string of the molecule is COc1ccc([C@@H]2[C@H](NC(C)=O)C(=O)N2c2ccc(C)cc2)cc1. The molecule has 1 saturated heterocycles. The molecule has 24 heavy (non-hydrogen) atoms. The molecule has 5 heteroatoms. The number of nitrogens with one attached hydrogen (secondary N) is 1. The lowest BCUT2D eigenvalue weighted by Crippen LogP contribution is -2.65. The van der Waals surface area contributed by atoms with Crippen molar-refractivity contribution in [2.45, 2.75) is 25.9 Å². The summed E-state index contributed by atoms with van der Waals surface area (Å²) in [6, 6.07) is 14.6. The summed E-state index contributed by atoms with van der Waals surface area (Å²) in [5, 5.41) is 2.76. The molecule has 0 spiro atoms. The molecule has 0 aromatic heterocycles. The zero-order valence-electron chi connectivity index (χ0n) is 13.9. The number of nitrogens with zero attached hydrogens (tertiary/aromatic N) is 1. The Hall–Kier alpha value is -2.82. The number of aryl methyl sites for hydroxylation is 1. The van der Waals surface area contributed by atoms with E-state index in [1.807, 2.05) is 55.5 Å². The lowest BCUT2D eigenvalue weighted by molar-refractivity contribution is -0.132. The molecule has 1 aliphatic heterocycles. The molecule has 2 aromatic carbocycles. The van der Waals surface area contributed by atoms with E-state index in [0.29, 0.717) is 0 Å². The predicted octanol–water partition coefficient (Wildman–Crippen LogP) is 2.60. The van der Waals surface area contributed by atoms with Crippen LogP contribution in [0.3, 0.4) is 0 Å². The average molecular weight is 324 g/mol. The van der Waals surface area contributed by atoms with Crippen molar-refractivity contribution in [1.82, 2.24) is 5.32 Å². The van der Waals surface area contributed by atoms with Gasteiger partial charge in [0, 0.05) is 12.6 Å². The van der Waals surface area contributed by atoms with Crippen LogP contribution in [-0.2, 0) is 9.59 Å². The van der Waals surface area contributed by atoms with Crippen LogP contribution < -0.4 is 15.0 Å². The summed E-state index contributed by atoms with van der Waals surface area (Å²) in [7, 11) is 1.61. The first-order valence-corrected chi connectivity index (χ1v) is 7.82. The smallest absolute Gasteiger partial charge is 0.252 e. The summed E-state index contributed by atoms with van der Waals surface area (Å²) in [5.41, 5.74) is 2.91. The van der Waals surface area contributed by atoms with Gasteiger partial charge in [-0.25, -0.2) is 0 Å². The molecule has 2 aromatic rings. The number of rotatable bonds is 4. The van der Waals surface area contributed by atoms with Crippen molar-refractivity contribution in [1.29, 1.82) is 0 Å². The van der Waals surface area contributed by atoms with E-state index < -0.39 is 6.04 Å². The van der Waals surface area contributed by atoms with Crippen LogP contribution in [0.4, 0.5) is 5.69 Å². The van der Waals surface area contributed by atoms with Crippen molar-refractivity contribution in [3.8, 4) is 5.75 Å². The molecule has 0 unspecified atom stereocenters. The number of benzene rings is 2. The number of hydrogen-bond acceptors (Lipinski definition) is 3. The highest BCUT2D eigenvalue weighted by Gasteiger charge is 2.49. The van der Waals surface area contributed by atoms with Gasteiger partial charge >= 0.3 is 0 Å². The van der Waals surface area contributed by atoms with Crippen LogP contribution in [0, 0.1) is 6.92 Å². The highest BCUT2D eigenvalue weighted by Crippen LogP contribution is 2.39. The molecule has 2 amide bonds. The fourth-order valence-corrected chi connectivity index (χ4v) is 2.98. The van der Waals surface area contributed by atoms with Crippen LogP contribution in [0.1, 0.15) is 24.1 Å². The molecule has 0 radical (unpaired) electrons. The van der Waals surface area contributed by atoms with Crippen molar-refractivity contribution in [2.24, 2.45) is 0 Å². The van der Waals surface area contributed by atoms with Gasteiger partial charge in [0.25, 0.3) is 5.91 Å². The highest BCUT2D eigenvalue weighted by atomic mass is 16.5. The van der Waals surface area contributed by atoms with Crippen LogP contribution in [0.25, 0.3) is 0 Å². The van der Waals surface area contributed by atoms with Gasteiger partial charge in [-0.2, -0.15) is 0 Å². The van der Waals surface area contributed by atoms with Gasteiger partial charge in [0.05, 0.1) is 13.2 Å². The van der Waals surface area contributed by atoms with E-state index in [9.17, 15) is 9.59 Å². The third kappa shape index (κ3) is 2.85. The normalized spacial score (nSPS) is 19.6. The maximum atomic E-state index is 12.6. The van der Waals surface area contributed by atoms with Crippen LogP contribution in [0.5, 0.6) is 5.75 Å². The summed E-state index contributed by atoms with van der Waals surface area (Å²) in [5.74, 6) is 0.438. The number of methoxy groups -OCH3 is 1. The second-order valence-electron chi connectivity index (χ2n) is 5.94. The Bertz CT molecular complexity index is 753. The second-order valence-corrected chi connectivity index (χ2v) is 5.94. The Kier molecular flexibility index (Phi) is 4.25. The Labute approximate surface area is 141 Å². The van der Waals surface area contributed by atoms with Crippen molar-refractivity contribution in [3.63, 3.8) is 0 Å². The molecular formula is C19H20N2O3. The van der Waals surface area contributed by atoms with Crippen molar-refractivity contribution >= 4 is 17.5 Å². The van der Waals surface area contributed by atoms with Gasteiger partial charge in [0.2, 0.25) is 5.91 Å². The summed E-state index contributed by atoms with van der Waals surface area (Å²) < 4.78 is 5.19. The summed E-state index contributed by atoms with van der Waals surface area (Å²) in [6.07, 6.45) is 0.